The number of hydrogen-bond acceptors (Lipinski definition) is 3. The Labute approximate surface area is 118 Å². The number of hydrogen-bond donors (Lipinski definition) is 1. The van der Waals surface area contributed by atoms with Gasteiger partial charge in [-0.2, -0.15) is 8.42 Å². The van der Waals surface area contributed by atoms with Crippen LogP contribution < -0.4 is 13.9 Å². The molecule has 0 saturated heterocycles. The molecule has 7 heteroatoms. The lowest BCUT2D eigenvalue weighted by atomic mass is 10.1. The van der Waals surface area contributed by atoms with E-state index in [4.69, 9.17) is 0 Å². The predicted octanol–water partition coefficient (Wildman–Crippen LogP) is 1.47. The number of amides is 1. The molecule has 1 heterocycles. The third-order valence-corrected chi connectivity index (χ3v) is 5.68. The fraction of sp³-hybridized carbons (Fsp3) is 0.462. The molecule has 0 radical (unpaired) electrons. The Kier molecular flexibility index (Phi) is 2.72. The zero-order valence-electron chi connectivity index (χ0n) is 11.7. The normalized spacial score (nSPS) is 19.9. The monoisotopic (exact) mass is 295 g/mol. The summed E-state index contributed by atoms with van der Waals surface area (Å²) in [4.78, 5) is 11.8. The summed E-state index contributed by atoms with van der Waals surface area (Å²) in [5.74, 6) is 0.136. The molecule has 1 amide bonds. The van der Waals surface area contributed by atoms with Crippen LogP contribution in [0.2, 0.25) is 0 Å². The maximum absolute atomic E-state index is 12.1. The van der Waals surface area contributed by atoms with Crippen molar-refractivity contribution in [3.05, 3.63) is 17.7 Å². The van der Waals surface area contributed by atoms with Crippen LogP contribution in [0.5, 0.6) is 0 Å². The first kappa shape index (κ1) is 13.2. The van der Waals surface area contributed by atoms with Gasteiger partial charge in [0.15, 0.2) is 0 Å². The average molecular weight is 295 g/mol. The van der Waals surface area contributed by atoms with E-state index >= 15 is 0 Å². The second kappa shape index (κ2) is 4.12. The highest BCUT2D eigenvalue weighted by Crippen LogP contribution is 2.42. The van der Waals surface area contributed by atoms with E-state index in [1.54, 1.807) is 12.1 Å². The summed E-state index contributed by atoms with van der Waals surface area (Å²) in [5, 5.41) is 2.89. The molecule has 1 aliphatic heterocycles. The highest BCUT2D eigenvalue weighted by atomic mass is 32.2. The minimum absolute atomic E-state index is 0.0184. The summed E-state index contributed by atoms with van der Waals surface area (Å²) in [5.41, 5.74) is 2.76. The minimum atomic E-state index is -3.47. The van der Waals surface area contributed by atoms with Gasteiger partial charge in [-0.15, -0.1) is 0 Å². The van der Waals surface area contributed by atoms with Crippen molar-refractivity contribution in [1.82, 2.24) is 0 Å². The van der Waals surface area contributed by atoms with Gasteiger partial charge >= 0.3 is 10.2 Å². The van der Waals surface area contributed by atoms with E-state index in [-0.39, 0.29) is 11.8 Å². The van der Waals surface area contributed by atoms with Crippen LogP contribution in [0.3, 0.4) is 0 Å². The first-order valence-electron chi connectivity index (χ1n) is 6.50. The van der Waals surface area contributed by atoms with Crippen LogP contribution >= 0.6 is 0 Å². The standard InChI is InChI=1S/C13H17N3O3S/c1-8-6-11-12(16(3)20(18,19)15(11)2)7-10(8)14-13(17)9-4-5-9/h6-7,9H,4-5H2,1-3H3,(H,14,17). The first-order valence-corrected chi connectivity index (χ1v) is 7.90. The van der Waals surface area contributed by atoms with E-state index in [0.29, 0.717) is 17.1 Å². The van der Waals surface area contributed by atoms with Gasteiger partial charge in [-0.05, 0) is 37.5 Å². The van der Waals surface area contributed by atoms with E-state index in [9.17, 15) is 13.2 Å². The van der Waals surface area contributed by atoms with E-state index in [1.807, 2.05) is 6.92 Å². The first-order chi connectivity index (χ1) is 9.32. The van der Waals surface area contributed by atoms with Gasteiger partial charge in [0.25, 0.3) is 0 Å². The molecule has 0 atom stereocenters. The molecule has 108 valence electrons. The molecule has 0 bridgehead atoms. The van der Waals surface area contributed by atoms with Crippen LogP contribution in [0.25, 0.3) is 0 Å². The highest BCUT2D eigenvalue weighted by molar-refractivity contribution is 7.94. The Morgan fingerprint density at radius 3 is 2.30 bits per heavy atom. The van der Waals surface area contributed by atoms with Crippen molar-refractivity contribution in [2.45, 2.75) is 19.8 Å². The van der Waals surface area contributed by atoms with Crippen molar-refractivity contribution in [2.24, 2.45) is 5.92 Å². The van der Waals surface area contributed by atoms with Gasteiger partial charge in [0.05, 0.1) is 11.4 Å². The molecule has 0 aromatic heterocycles. The molecule has 0 unspecified atom stereocenters. The van der Waals surface area contributed by atoms with Crippen LogP contribution in [-0.4, -0.2) is 28.4 Å². The Bertz CT molecular complexity index is 695. The number of rotatable bonds is 2. The summed E-state index contributed by atoms with van der Waals surface area (Å²) >= 11 is 0. The van der Waals surface area contributed by atoms with E-state index in [2.05, 4.69) is 5.32 Å². The van der Waals surface area contributed by atoms with Gasteiger partial charge < -0.3 is 5.32 Å². The Morgan fingerprint density at radius 2 is 1.75 bits per heavy atom. The number of aryl methyl sites for hydroxylation is 1. The number of nitrogens with one attached hydrogen (secondary N) is 1. The maximum atomic E-state index is 12.1. The van der Waals surface area contributed by atoms with Crippen molar-refractivity contribution >= 4 is 33.2 Å². The van der Waals surface area contributed by atoms with Crippen LogP contribution in [0.15, 0.2) is 12.1 Å². The van der Waals surface area contributed by atoms with Crippen molar-refractivity contribution in [3.8, 4) is 0 Å². The third kappa shape index (κ3) is 1.84. The molecule has 2 aliphatic rings. The van der Waals surface area contributed by atoms with Gasteiger partial charge in [-0.3, -0.25) is 13.4 Å². The molecule has 0 spiro atoms. The minimum Gasteiger partial charge on any atom is -0.326 e. The second-order valence-electron chi connectivity index (χ2n) is 5.36. The Morgan fingerprint density at radius 1 is 1.20 bits per heavy atom. The van der Waals surface area contributed by atoms with Crippen LogP contribution in [0.1, 0.15) is 18.4 Å². The molecule has 1 N–H and O–H groups in total. The number of nitrogens with zero attached hydrogens (tertiary/aromatic N) is 2. The fourth-order valence-electron chi connectivity index (χ4n) is 2.33. The number of benzene rings is 1. The van der Waals surface area contributed by atoms with E-state index in [1.165, 1.54) is 22.7 Å². The topological polar surface area (TPSA) is 69.7 Å². The highest BCUT2D eigenvalue weighted by Gasteiger charge is 2.36. The van der Waals surface area contributed by atoms with Gasteiger partial charge in [0, 0.05) is 25.7 Å². The third-order valence-electron chi connectivity index (χ3n) is 3.90. The van der Waals surface area contributed by atoms with Gasteiger partial charge in [0.1, 0.15) is 0 Å². The van der Waals surface area contributed by atoms with Gasteiger partial charge in [0.2, 0.25) is 5.91 Å². The molecular formula is C13H17N3O3S. The molecule has 1 aromatic rings. The zero-order chi connectivity index (χ0) is 14.7. The Balaban J connectivity index is 2.01. The van der Waals surface area contributed by atoms with Crippen molar-refractivity contribution < 1.29 is 13.2 Å². The second-order valence-corrected chi connectivity index (χ2v) is 7.35. The SMILES string of the molecule is Cc1cc2c(cc1NC(=O)C1CC1)N(C)S(=O)(=O)N2C. The lowest BCUT2D eigenvalue weighted by molar-refractivity contribution is -0.117. The lowest BCUT2D eigenvalue weighted by Crippen LogP contribution is -2.32. The number of carbonyl (C=O) groups is 1. The summed E-state index contributed by atoms with van der Waals surface area (Å²) in [6, 6.07) is 3.52. The van der Waals surface area contributed by atoms with Crippen molar-refractivity contribution in [3.63, 3.8) is 0 Å². The summed E-state index contributed by atoms with van der Waals surface area (Å²) in [6.07, 6.45) is 1.87. The number of anilines is 3. The lowest BCUT2D eigenvalue weighted by Gasteiger charge is -2.13. The summed E-state index contributed by atoms with van der Waals surface area (Å²) < 4.78 is 26.6. The van der Waals surface area contributed by atoms with Crippen molar-refractivity contribution in [2.75, 3.05) is 28.0 Å². The average Bonchev–Trinajstić information content (AvgIpc) is 3.20. The van der Waals surface area contributed by atoms with E-state index in [0.717, 1.165) is 18.4 Å². The molecular weight excluding hydrogens is 278 g/mol. The van der Waals surface area contributed by atoms with Crippen LogP contribution in [-0.2, 0) is 15.0 Å². The molecule has 20 heavy (non-hydrogen) atoms. The van der Waals surface area contributed by atoms with Crippen LogP contribution in [0.4, 0.5) is 17.1 Å². The molecule has 1 saturated carbocycles. The van der Waals surface area contributed by atoms with Gasteiger partial charge in [-0.25, -0.2) is 0 Å². The molecule has 1 aliphatic carbocycles. The maximum Gasteiger partial charge on any atom is 0.326 e. The predicted molar refractivity (Wildman–Crippen MR) is 78.3 cm³/mol. The van der Waals surface area contributed by atoms with Crippen LogP contribution in [0, 0.1) is 12.8 Å². The molecule has 1 fully saturated rings. The summed E-state index contributed by atoms with van der Waals surface area (Å²) in [7, 11) is -0.434. The van der Waals surface area contributed by atoms with Crippen molar-refractivity contribution in [1.29, 1.82) is 0 Å². The Hall–Kier alpha value is -1.76. The smallest absolute Gasteiger partial charge is 0.326 e. The van der Waals surface area contributed by atoms with E-state index < -0.39 is 10.2 Å². The fourth-order valence-corrected chi connectivity index (χ4v) is 3.49. The largest absolute Gasteiger partial charge is 0.326 e. The van der Waals surface area contributed by atoms with Gasteiger partial charge in [-0.1, -0.05) is 0 Å². The summed E-state index contributed by atoms with van der Waals surface area (Å²) in [6.45, 7) is 1.86. The quantitative estimate of drug-likeness (QED) is 0.898. The molecule has 6 nitrogen and oxygen atoms in total. The molecule has 1 aromatic carbocycles. The number of carbonyl (C=O) groups excluding carboxylic acids is 1. The number of fused-ring (bicyclic) bond motifs is 1. The molecule has 3 rings (SSSR count). The zero-order valence-corrected chi connectivity index (χ0v) is 12.5.